The molecular formula is C23H22F2N4O3. The van der Waals surface area contributed by atoms with Crippen LogP contribution in [0.1, 0.15) is 41.5 Å². The van der Waals surface area contributed by atoms with Crippen molar-refractivity contribution in [2.75, 3.05) is 19.0 Å². The maximum atomic E-state index is 13.4. The summed E-state index contributed by atoms with van der Waals surface area (Å²) in [4.78, 5) is 16.9. The molecule has 1 aliphatic carbocycles. The monoisotopic (exact) mass is 440 g/mol. The van der Waals surface area contributed by atoms with Gasteiger partial charge in [0.05, 0.1) is 48.4 Å². The summed E-state index contributed by atoms with van der Waals surface area (Å²) in [5, 5.41) is 12.5. The summed E-state index contributed by atoms with van der Waals surface area (Å²) in [6, 6.07) is 6.93. The first-order valence-electron chi connectivity index (χ1n) is 10.0. The average Bonchev–Trinajstić information content (AvgIpc) is 3.38. The van der Waals surface area contributed by atoms with Gasteiger partial charge in [-0.1, -0.05) is 6.07 Å². The number of benzene rings is 1. The minimum Gasteiger partial charge on any atom is -0.496 e. The summed E-state index contributed by atoms with van der Waals surface area (Å²) in [5.74, 6) is -4.45. The maximum absolute atomic E-state index is 13.4. The highest BCUT2D eigenvalue weighted by Gasteiger charge is 2.57. The van der Waals surface area contributed by atoms with E-state index in [0.717, 1.165) is 5.56 Å². The number of fused-ring (bicyclic) bond motifs is 1. The van der Waals surface area contributed by atoms with Crippen LogP contribution in [0.25, 0.3) is 0 Å². The van der Waals surface area contributed by atoms with Crippen molar-refractivity contribution in [3.63, 3.8) is 0 Å². The van der Waals surface area contributed by atoms with Crippen LogP contribution in [0.15, 0.2) is 35.7 Å². The first-order valence-corrected chi connectivity index (χ1v) is 10.0. The van der Waals surface area contributed by atoms with E-state index in [1.165, 1.54) is 7.11 Å². The molecule has 1 aromatic heterocycles. The van der Waals surface area contributed by atoms with Crippen molar-refractivity contribution in [2.45, 2.75) is 32.1 Å². The number of methoxy groups -OCH3 is 1. The molecule has 1 amide bonds. The summed E-state index contributed by atoms with van der Waals surface area (Å²) in [6.45, 7) is 3.38. The number of hydrogen-bond donors (Lipinski definition) is 2. The molecular weight excluding hydrogens is 418 g/mol. The highest BCUT2D eigenvalue weighted by Crippen LogP contribution is 2.51. The molecule has 32 heavy (non-hydrogen) atoms. The Hall–Kier alpha value is -3.67. The van der Waals surface area contributed by atoms with Gasteiger partial charge in [-0.25, -0.2) is 13.8 Å². The smallest absolute Gasteiger partial charge is 0.255 e. The molecule has 1 unspecified atom stereocenters. The fourth-order valence-corrected chi connectivity index (χ4v) is 4.06. The molecule has 0 saturated heterocycles. The first kappa shape index (κ1) is 21.6. The van der Waals surface area contributed by atoms with E-state index in [-0.39, 0.29) is 24.5 Å². The number of hydrogen-bond acceptors (Lipinski definition) is 6. The second-order valence-corrected chi connectivity index (χ2v) is 8.04. The van der Waals surface area contributed by atoms with Crippen molar-refractivity contribution < 1.29 is 23.0 Å². The molecule has 2 atom stereocenters. The van der Waals surface area contributed by atoms with E-state index < -0.39 is 23.7 Å². The maximum Gasteiger partial charge on any atom is 0.255 e. The van der Waals surface area contributed by atoms with E-state index in [1.807, 2.05) is 6.92 Å². The number of rotatable bonds is 6. The molecule has 1 aliphatic heterocycles. The molecule has 2 heterocycles. The third kappa shape index (κ3) is 3.62. The SMILES string of the molecule is COc1cc(C#N)ccc1[C@@H]1C(C(N)=O)=C(C)Nc2c(C)cnc(OCC3CC3(F)F)c21. The molecule has 4 rings (SSSR count). The lowest BCUT2D eigenvalue weighted by atomic mass is 9.79. The largest absolute Gasteiger partial charge is 0.496 e. The summed E-state index contributed by atoms with van der Waals surface area (Å²) in [7, 11) is 1.46. The van der Waals surface area contributed by atoms with Gasteiger partial charge >= 0.3 is 0 Å². The third-order valence-electron chi connectivity index (χ3n) is 5.88. The summed E-state index contributed by atoms with van der Waals surface area (Å²) in [6.07, 6.45) is 1.36. The number of nitrogens with zero attached hydrogens (tertiary/aromatic N) is 2. The lowest BCUT2D eigenvalue weighted by molar-refractivity contribution is -0.114. The van der Waals surface area contributed by atoms with Gasteiger partial charge in [-0.15, -0.1) is 0 Å². The first-order chi connectivity index (χ1) is 15.2. The highest BCUT2D eigenvalue weighted by molar-refractivity contribution is 5.98. The van der Waals surface area contributed by atoms with Crippen molar-refractivity contribution in [2.24, 2.45) is 11.7 Å². The van der Waals surface area contributed by atoms with E-state index >= 15 is 0 Å². The molecule has 0 bridgehead atoms. The number of primary amides is 1. The van der Waals surface area contributed by atoms with Crippen LogP contribution in [0, 0.1) is 24.2 Å². The number of nitrogens with one attached hydrogen (secondary N) is 1. The molecule has 9 heteroatoms. The Balaban J connectivity index is 1.90. The summed E-state index contributed by atoms with van der Waals surface area (Å²) >= 11 is 0. The Labute approximate surface area is 183 Å². The van der Waals surface area contributed by atoms with Crippen LogP contribution in [0.4, 0.5) is 14.5 Å². The molecule has 2 aliphatic rings. The minimum absolute atomic E-state index is 0.142. The van der Waals surface area contributed by atoms with Gasteiger partial charge in [0.1, 0.15) is 5.75 Å². The lowest BCUT2D eigenvalue weighted by Crippen LogP contribution is -2.29. The zero-order chi connectivity index (χ0) is 23.2. The minimum atomic E-state index is -2.73. The van der Waals surface area contributed by atoms with E-state index in [1.54, 1.807) is 31.3 Å². The van der Waals surface area contributed by atoms with Gasteiger partial charge < -0.3 is 20.5 Å². The fraction of sp³-hybridized carbons (Fsp3) is 0.348. The number of pyridine rings is 1. The zero-order valence-electron chi connectivity index (χ0n) is 17.8. The number of nitrogens with two attached hydrogens (primary N) is 1. The predicted molar refractivity (Wildman–Crippen MR) is 113 cm³/mol. The lowest BCUT2D eigenvalue weighted by Gasteiger charge is -2.32. The van der Waals surface area contributed by atoms with Crippen molar-refractivity contribution in [3.05, 3.63) is 57.9 Å². The van der Waals surface area contributed by atoms with Crippen molar-refractivity contribution >= 4 is 11.6 Å². The molecule has 1 aromatic carbocycles. The Bertz CT molecular complexity index is 1190. The van der Waals surface area contributed by atoms with Crippen LogP contribution in [0.3, 0.4) is 0 Å². The number of ether oxygens (including phenoxy) is 2. The zero-order valence-corrected chi connectivity index (χ0v) is 17.8. The Morgan fingerprint density at radius 1 is 1.41 bits per heavy atom. The molecule has 1 saturated carbocycles. The highest BCUT2D eigenvalue weighted by atomic mass is 19.3. The molecule has 3 N–H and O–H groups in total. The molecule has 1 fully saturated rings. The number of alkyl halides is 2. The van der Waals surface area contributed by atoms with Gasteiger partial charge in [0.2, 0.25) is 11.8 Å². The summed E-state index contributed by atoms with van der Waals surface area (Å²) in [5.41, 5.74) is 9.50. The standard InChI is InChI=1S/C23H22F2N4O3/c1-11-9-28-22(32-10-14-7-23(14,24)25)19-18(17(21(27)30)12(2)29-20(11)19)15-5-4-13(8-26)6-16(15)31-3/h4-6,9,14,18,29H,7,10H2,1-3H3,(H2,27,30)/t14?,18-/m1/s1. The fourth-order valence-electron chi connectivity index (χ4n) is 4.06. The number of carbonyl (C=O) groups excluding carboxylic acids is 1. The van der Waals surface area contributed by atoms with E-state index in [4.69, 9.17) is 15.2 Å². The van der Waals surface area contributed by atoms with Crippen molar-refractivity contribution in [1.82, 2.24) is 4.98 Å². The normalized spacial score (nSPS) is 20.6. The number of aromatic nitrogens is 1. The predicted octanol–water partition coefficient (Wildman–Crippen LogP) is 3.62. The molecule has 7 nitrogen and oxygen atoms in total. The Morgan fingerprint density at radius 3 is 2.72 bits per heavy atom. The number of anilines is 1. The summed E-state index contributed by atoms with van der Waals surface area (Å²) < 4.78 is 38.1. The van der Waals surface area contributed by atoms with Gasteiger partial charge in [0, 0.05) is 29.5 Å². The Kier molecular flexibility index (Phi) is 5.25. The Morgan fingerprint density at radius 2 is 2.12 bits per heavy atom. The quantitative estimate of drug-likeness (QED) is 0.710. The number of halogens is 2. The van der Waals surface area contributed by atoms with Gasteiger partial charge in [-0.3, -0.25) is 4.79 Å². The number of carbonyl (C=O) groups is 1. The van der Waals surface area contributed by atoms with Crippen LogP contribution >= 0.6 is 0 Å². The number of aryl methyl sites for hydroxylation is 1. The van der Waals surface area contributed by atoms with Crippen LogP contribution in [-0.4, -0.2) is 30.5 Å². The van der Waals surface area contributed by atoms with Crippen molar-refractivity contribution in [3.8, 4) is 17.7 Å². The number of amides is 1. The molecule has 0 radical (unpaired) electrons. The van der Waals surface area contributed by atoms with Gasteiger partial charge in [-0.05, 0) is 31.5 Å². The third-order valence-corrected chi connectivity index (χ3v) is 5.88. The van der Waals surface area contributed by atoms with E-state index in [9.17, 15) is 18.8 Å². The average molecular weight is 440 g/mol. The van der Waals surface area contributed by atoms with E-state index in [2.05, 4.69) is 16.4 Å². The second kappa shape index (κ2) is 7.79. The van der Waals surface area contributed by atoms with Gasteiger partial charge in [0.25, 0.3) is 5.92 Å². The van der Waals surface area contributed by atoms with Crippen LogP contribution < -0.4 is 20.5 Å². The van der Waals surface area contributed by atoms with Crippen LogP contribution in [-0.2, 0) is 4.79 Å². The van der Waals surface area contributed by atoms with E-state index in [0.29, 0.717) is 33.8 Å². The number of nitriles is 1. The molecule has 0 spiro atoms. The topological polar surface area (TPSA) is 110 Å². The molecule has 166 valence electrons. The van der Waals surface area contributed by atoms with Gasteiger partial charge in [0.15, 0.2) is 0 Å². The number of allylic oxidation sites excluding steroid dienone is 1. The van der Waals surface area contributed by atoms with Crippen LogP contribution in [0.5, 0.6) is 11.6 Å². The van der Waals surface area contributed by atoms with Crippen molar-refractivity contribution in [1.29, 1.82) is 5.26 Å². The van der Waals surface area contributed by atoms with Crippen LogP contribution in [0.2, 0.25) is 0 Å². The van der Waals surface area contributed by atoms with Gasteiger partial charge in [-0.2, -0.15) is 5.26 Å². The molecule has 2 aromatic rings. The second-order valence-electron chi connectivity index (χ2n) is 8.04.